The SMILES string of the molecule is CCCSNc1cc(-c2cnc3cc(OC)c(C(C)(C)O)cn23)cc(F)c1OC. The number of aliphatic hydroxyl groups is 1. The normalized spacial score (nSPS) is 11.7. The number of nitrogens with one attached hydrogen (secondary N) is 1. The van der Waals surface area contributed by atoms with Crippen molar-refractivity contribution >= 4 is 23.3 Å². The summed E-state index contributed by atoms with van der Waals surface area (Å²) in [5.74, 6) is 1.14. The molecule has 156 valence electrons. The van der Waals surface area contributed by atoms with Crippen LogP contribution in [0.2, 0.25) is 0 Å². The van der Waals surface area contributed by atoms with Gasteiger partial charge in [-0.05, 0) is 32.4 Å². The molecule has 0 aliphatic heterocycles. The zero-order valence-electron chi connectivity index (χ0n) is 17.2. The second-order valence-corrected chi connectivity index (χ2v) is 8.08. The largest absolute Gasteiger partial charge is 0.496 e. The van der Waals surface area contributed by atoms with Gasteiger partial charge in [-0.2, -0.15) is 0 Å². The number of methoxy groups -OCH3 is 2. The number of nitrogens with zero attached hydrogens (tertiary/aromatic N) is 2. The van der Waals surface area contributed by atoms with E-state index in [0.717, 1.165) is 12.2 Å². The van der Waals surface area contributed by atoms with Crippen LogP contribution in [0, 0.1) is 5.82 Å². The highest BCUT2D eigenvalue weighted by Crippen LogP contribution is 2.37. The molecule has 2 aromatic heterocycles. The van der Waals surface area contributed by atoms with E-state index >= 15 is 0 Å². The van der Waals surface area contributed by atoms with E-state index in [-0.39, 0.29) is 5.75 Å². The minimum Gasteiger partial charge on any atom is -0.496 e. The second-order valence-electron chi connectivity index (χ2n) is 7.18. The molecule has 2 N–H and O–H groups in total. The number of rotatable bonds is 8. The van der Waals surface area contributed by atoms with Crippen LogP contribution in [0.5, 0.6) is 11.5 Å². The van der Waals surface area contributed by atoms with Crippen molar-refractivity contribution in [1.29, 1.82) is 0 Å². The zero-order valence-corrected chi connectivity index (χ0v) is 18.1. The Balaban J connectivity index is 2.15. The highest BCUT2D eigenvalue weighted by molar-refractivity contribution is 8.00. The first kappa shape index (κ1) is 21.3. The minimum atomic E-state index is -1.12. The summed E-state index contributed by atoms with van der Waals surface area (Å²) in [4.78, 5) is 4.43. The van der Waals surface area contributed by atoms with Crippen LogP contribution in [0.25, 0.3) is 16.9 Å². The molecule has 2 heterocycles. The van der Waals surface area contributed by atoms with E-state index in [2.05, 4.69) is 16.6 Å². The number of halogens is 1. The highest BCUT2D eigenvalue weighted by atomic mass is 32.2. The van der Waals surface area contributed by atoms with Crippen LogP contribution in [0.4, 0.5) is 10.1 Å². The van der Waals surface area contributed by atoms with Crippen molar-refractivity contribution in [2.75, 3.05) is 24.7 Å². The van der Waals surface area contributed by atoms with E-state index in [1.165, 1.54) is 25.1 Å². The third kappa shape index (κ3) is 4.28. The van der Waals surface area contributed by atoms with Crippen molar-refractivity contribution in [1.82, 2.24) is 9.38 Å². The number of ether oxygens (including phenoxy) is 2. The Kier molecular flexibility index (Phi) is 6.24. The Hall–Kier alpha value is -2.45. The predicted molar refractivity (Wildman–Crippen MR) is 115 cm³/mol. The van der Waals surface area contributed by atoms with Crippen LogP contribution in [0.15, 0.2) is 30.6 Å². The lowest BCUT2D eigenvalue weighted by Crippen LogP contribution is -2.17. The van der Waals surface area contributed by atoms with Gasteiger partial charge in [-0.15, -0.1) is 0 Å². The lowest BCUT2D eigenvalue weighted by atomic mass is 9.99. The molecule has 0 atom stereocenters. The van der Waals surface area contributed by atoms with Crippen molar-refractivity contribution in [3.63, 3.8) is 0 Å². The molecule has 0 saturated carbocycles. The third-order valence-electron chi connectivity index (χ3n) is 4.52. The molecule has 8 heteroatoms. The Morgan fingerprint density at radius 3 is 2.62 bits per heavy atom. The summed E-state index contributed by atoms with van der Waals surface area (Å²) in [5, 5.41) is 10.5. The second kappa shape index (κ2) is 8.51. The lowest BCUT2D eigenvalue weighted by Gasteiger charge is -2.21. The van der Waals surface area contributed by atoms with Gasteiger partial charge >= 0.3 is 0 Å². The number of fused-ring (bicyclic) bond motifs is 1. The first-order chi connectivity index (χ1) is 13.8. The first-order valence-corrected chi connectivity index (χ1v) is 10.3. The summed E-state index contributed by atoms with van der Waals surface area (Å²) in [7, 11) is 3.00. The molecule has 29 heavy (non-hydrogen) atoms. The van der Waals surface area contributed by atoms with Gasteiger partial charge in [0.2, 0.25) is 0 Å². The average Bonchev–Trinajstić information content (AvgIpc) is 3.09. The predicted octanol–water partition coefficient (Wildman–Crippen LogP) is 4.86. The summed E-state index contributed by atoms with van der Waals surface area (Å²) in [6, 6.07) is 5.01. The fourth-order valence-electron chi connectivity index (χ4n) is 3.10. The number of imidazole rings is 1. The van der Waals surface area contributed by atoms with Crippen LogP contribution in [-0.2, 0) is 5.60 Å². The quantitative estimate of drug-likeness (QED) is 0.402. The van der Waals surface area contributed by atoms with Crippen LogP contribution < -0.4 is 14.2 Å². The molecule has 1 aromatic carbocycles. The van der Waals surface area contributed by atoms with E-state index in [9.17, 15) is 9.50 Å². The highest BCUT2D eigenvalue weighted by Gasteiger charge is 2.23. The molecule has 3 aromatic rings. The average molecular weight is 420 g/mol. The molecule has 0 radical (unpaired) electrons. The number of aromatic nitrogens is 2. The van der Waals surface area contributed by atoms with Crippen molar-refractivity contribution in [3.05, 3.63) is 42.0 Å². The first-order valence-electron chi connectivity index (χ1n) is 9.33. The van der Waals surface area contributed by atoms with E-state index in [1.807, 2.05) is 10.5 Å². The van der Waals surface area contributed by atoms with Gasteiger partial charge in [-0.3, -0.25) is 4.40 Å². The van der Waals surface area contributed by atoms with Gasteiger partial charge in [0.1, 0.15) is 11.4 Å². The topological polar surface area (TPSA) is 68.0 Å². The Morgan fingerprint density at radius 1 is 1.24 bits per heavy atom. The molecule has 0 aliphatic rings. The lowest BCUT2D eigenvalue weighted by molar-refractivity contribution is 0.0752. The summed E-state index contributed by atoms with van der Waals surface area (Å²) in [6.07, 6.45) is 4.45. The van der Waals surface area contributed by atoms with Crippen LogP contribution in [0.3, 0.4) is 0 Å². The molecule has 0 aliphatic carbocycles. The molecular weight excluding hydrogens is 393 g/mol. The molecule has 0 unspecified atom stereocenters. The van der Waals surface area contributed by atoms with E-state index < -0.39 is 11.4 Å². The van der Waals surface area contributed by atoms with Crippen LogP contribution >= 0.6 is 11.9 Å². The molecule has 0 bridgehead atoms. The number of hydrogen-bond donors (Lipinski definition) is 2. The van der Waals surface area contributed by atoms with E-state index in [4.69, 9.17) is 9.47 Å². The fourth-order valence-corrected chi connectivity index (χ4v) is 3.72. The zero-order chi connectivity index (χ0) is 21.2. The number of benzene rings is 1. The standard InChI is InChI=1S/C21H26FN3O3S/c1-6-7-29-24-16-9-13(8-15(22)20(16)28-5)17-11-23-19-10-18(27-4)14(12-25(17)19)21(2,3)26/h8-12,24,26H,6-7H2,1-5H3. The van der Waals surface area contributed by atoms with Gasteiger partial charge in [-0.1, -0.05) is 18.9 Å². The summed E-state index contributed by atoms with van der Waals surface area (Å²) >= 11 is 1.50. The molecule has 6 nitrogen and oxygen atoms in total. The van der Waals surface area contributed by atoms with Gasteiger partial charge in [0.05, 0.1) is 37.4 Å². The minimum absolute atomic E-state index is 0.171. The van der Waals surface area contributed by atoms with Gasteiger partial charge in [-0.25, -0.2) is 9.37 Å². The van der Waals surface area contributed by atoms with Gasteiger partial charge in [0, 0.05) is 29.1 Å². The van der Waals surface area contributed by atoms with Crippen LogP contribution in [0.1, 0.15) is 32.8 Å². The van der Waals surface area contributed by atoms with Gasteiger partial charge < -0.3 is 19.3 Å². The van der Waals surface area contributed by atoms with E-state index in [0.29, 0.717) is 33.9 Å². The monoisotopic (exact) mass is 419 g/mol. The van der Waals surface area contributed by atoms with E-state index in [1.54, 1.807) is 39.4 Å². The van der Waals surface area contributed by atoms with Crippen molar-refractivity contribution < 1.29 is 19.0 Å². The van der Waals surface area contributed by atoms with Crippen molar-refractivity contribution in [2.45, 2.75) is 32.8 Å². The van der Waals surface area contributed by atoms with Crippen LogP contribution in [-0.4, -0.2) is 34.5 Å². The number of hydrogen-bond acceptors (Lipinski definition) is 6. The summed E-state index contributed by atoms with van der Waals surface area (Å²) in [5.41, 5.74) is 2.02. The fraction of sp³-hybridized carbons (Fsp3) is 0.381. The maximum absolute atomic E-state index is 14.7. The Bertz CT molecular complexity index is 1010. The molecule has 0 amide bonds. The van der Waals surface area contributed by atoms with Gasteiger partial charge in [0.25, 0.3) is 0 Å². The number of pyridine rings is 1. The third-order valence-corrected chi connectivity index (χ3v) is 5.50. The van der Waals surface area contributed by atoms with Crippen molar-refractivity contribution in [3.8, 4) is 22.8 Å². The van der Waals surface area contributed by atoms with Crippen molar-refractivity contribution in [2.24, 2.45) is 0 Å². The summed E-state index contributed by atoms with van der Waals surface area (Å²) < 4.78 is 30.4. The summed E-state index contributed by atoms with van der Waals surface area (Å²) in [6.45, 7) is 5.45. The molecule has 0 fully saturated rings. The van der Waals surface area contributed by atoms with Gasteiger partial charge in [0.15, 0.2) is 11.6 Å². The maximum atomic E-state index is 14.7. The molecule has 0 spiro atoms. The maximum Gasteiger partial charge on any atom is 0.178 e. The Morgan fingerprint density at radius 2 is 2.00 bits per heavy atom. The molecular formula is C21H26FN3O3S. The molecule has 0 saturated heterocycles. The smallest absolute Gasteiger partial charge is 0.178 e. The Labute approximate surface area is 174 Å². The molecule has 3 rings (SSSR count). The number of anilines is 1.